The van der Waals surface area contributed by atoms with Crippen molar-refractivity contribution < 1.29 is 23.9 Å². The van der Waals surface area contributed by atoms with Crippen LogP contribution in [0.3, 0.4) is 0 Å². The van der Waals surface area contributed by atoms with Crippen LogP contribution < -0.4 is 38.3 Å². The normalized spacial score (nSPS) is 16.2. The first-order valence-electron chi connectivity index (χ1n) is 13.2. The topological polar surface area (TPSA) is 221 Å². The molecule has 1 aliphatic rings. The Hall–Kier alpha value is -3.87. The van der Waals surface area contributed by atoms with Crippen molar-refractivity contribution in [1.82, 2.24) is 15.5 Å². The zero-order valence-electron chi connectivity index (χ0n) is 22.6. The lowest BCUT2D eigenvalue weighted by Gasteiger charge is -2.27. The molecule has 3 atom stereocenters. The van der Waals surface area contributed by atoms with Crippen molar-refractivity contribution >= 4 is 29.6 Å². The highest BCUT2D eigenvalue weighted by molar-refractivity contribution is 5.94. The number of methoxy groups -OCH3 is 1. The highest BCUT2D eigenvalue weighted by atomic mass is 16.5. The molecule has 1 aromatic rings. The van der Waals surface area contributed by atoms with E-state index in [-0.39, 0.29) is 31.3 Å². The lowest BCUT2D eigenvalue weighted by atomic mass is 10.1. The largest absolute Gasteiger partial charge is 0.497 e. The van der Waals surface area contributed by atoms with Crippen molar-refractivity contribution in [2.24, 2.45) is 27.9 Å². The molecule has 216 valence electrons. The second-order valence-corrected chi connectivity index (χ2v) is 9.53. The Kier molecular flexibility index (Phi) is 13.0. The number of ether oxygens (including phenoxy) is 1. The highest BCUT2D eigenvalue weighted by Gasteiger charge is 2.36. The summed E-state index contributed by atoms with van der Waals surface area (Å²) in [5.74, 6) is -1.19. The fourth-order valence-electron chi connectivity index (χ4n) is 4.45. The Balaban J connectivity index is 2.04. The Morgan fingerprint density at radius 1 is 1.03 bits per heavy atom. The van der Waals surface area contributed by atoms with Crippen molar-refractivity contribution in [3.8, 4) is 5.75 Å². The first kappa shape index (κ1) is 31.3. The van der Waals surface area contributed by atoms with Gasteiger partial charge in [0.1, 0.15) is 23.9 Å². The zero-order valence-corrected chi connectivity index (χ0v) is 22.6. The van der Waals surface area contributed by atoms with Crippen LogP contribution in [0.2, 0.25) is 0 Å². The predicted octanol–water partition coefficient (Wildman–Crippen LogP) is -1.13. The Bertz CT molecular complexity index is 997. The molecule has 0 bridgehead atoms. The molecular formula is C26H42N8O5. The van der Waals surface area contributed by atoms with Gasteiger partial charge in [-0.2, -0.15) is 0 Å². The summed E-state index contributed by atoms with van der Waals surface area (Å²) in [5.41, 5.74) is 22.5. The summed E-state index contributed by atoms with van der Waals surface area (Å²) in [4.78, 5) is 56.8. The van der Waals surface area contributed by atoms with Crippen LogP contribution in [0.15, 0.2) is 29.3 Å². The predicted molar refractivity (Wildman–Crippen MR) is 147 cm³/mol. The number of unbranched alkanes of at least 4 members (excludes halogenated alkanes) is 1. The molecule has 1 saturated heterocycles. The lowest BCUT2D eigenvalue weighted by molar-refractivity contribution is -0.139. The monoisotopic (exact) mass is 546 g/mol. The minimum atomic E-state index is -0.949. The summed E-state index contributed by atoms with van der Waals surface area (Å²) in [7, 11) is 1.57. The van der Waals surface area contributed by atoms with E-state index in [1.165, 1.54) is 0 Å². The number of nitrogens with one attached hydrogen (secondary N) is 2. The average molecular weight is 547 g/mol. The van der Waals surface area contributed by atoms with Gasteiger partial charge in [-0.15, -0.1) is 0 Å². The molecule has 1 fully saturated rings. The third-order valence-electron chi connectivity index (χ3n) is 6.58. The van der Waals surface area contributed by atoms with Crippen molar-refractivity contribution in [2.45, 2.75) is 69.5 Å². The van der Waals surface area contributed by atoms with Crippen LogP contribution >= 0.6 is 0 Å². The smallest absolute Gasteiger partial charge is 0.243 e. The number of nitrogens with zero attached hydrogens (tertiary/aromatic N) is 2. The van der Waals surface area contributed by atoms with Crippen LogP contribution in [0.1, 0.15) is 50.5 Å². The van der Waals surface area contributed by atoms with Crippen molar-refractivity contribution in [2.75, 3.05) is 26.7 Å². The molecular weight excluding hydrogens is 504 g/mol. The van der Waals surface area contributed by atoms with Crippen molar-refractivity contribution in [3.05, 3.63) is 29.8 Å². The summed E-state index contributed by atoms with van der Waals surface area (Å²) in [5, 5.41) is 5.44. The molecule has 0 spiro atoms. The number of aliphatic imine (C=N–C) groups is 1. The zero-order chi connectivity index (χ0) is 28.8. The van der Waals surface area contributed by atoms with Gasteiger partial charge in [0.2, 0.25) is 23.6 Å². The quantitative estimate of drug-likeness (QED) is 0.0843. The summed E-state index contributed by atoms with van der Waals surface area (Å²) < 4.78 is 5.16. The molecule has 0 unspecified atom stereocenters. The van der Waals surface area contributed by atoms with Gasteiger partial charge in [0, 0.05) is 13.1 Å². The fraction of sp³-hybridized carbons (Fsp3) is 0.577. The number of nitrogens with two attached hydrogens (primary N) is 4. The number of hydrogen-bond donors (Lipinski definition) is 6. The van der Waals surface area contributed by atoms with Gasteiger partial charge in [-0.1, -0.05) is 12.1 Å². The standard InChI is InChI=1S/C26H42N8O5/c1-39-18-11-9-17(10-12-18)16-22(35)34-15-5-8-21(34)25(38)33-20(6-2-3-13-27)24(37)32-19(23(28)36)7-4-14-31-26(29)30/h9-12,19-21H,2-8,13-16,27H2,1H3,(H2,28,36)(H,32,37)(H,33,38)(H4,29,30,31)/t19-,20-,21-/m0/s1. The van der Waals surface area contributed by atoms with E-state index in [1.807, 2.05) is 12.1 Å². The number of amides is 4. The first-order valence-corrected chi connectivity index (χ1v) is 13.2. The molecule has 4 amide bonds. The van der Waals surface area contributed by atoms with Gasteiger partial charge >= 0.3 is 0 Å². The van der Waals surface area contributed by atoms with Gasteiger partial charge in [-0.25, -0.2) is 0 Å². The Labute approximate surface area is 229 Å². The maximum absolute atomic E-state index is 13.3. The minimum absolute atomic E-state index is 0.0687. The van der Waals surface area contributed by atoms with E-state index in [0.717, 1.165) is 5.56 Å². The van der Waals surface area contributed by atoms with Crippen molar-refractivity contribution in [1.29, 1.82) is 0 Å². The van der Waals surface area contributed by atoms with Crippen LogP contribution in [-0.2, 0) is 25.6 Å². The number of hydrogen-bond acceptors (Lipinski definition) is 7. The molecule has 1 aliphatic heterocycles. The van der Waals surface area contributed by atoms with Gasteiger partial charge in [0.15, 0.2) is 5.96 Å². The lowest BCUT2D eigenvalue weighted by Crippen LogP contribution is -2.56. The third kappa shape index (κ3) is 10.4. The third-order valence-corrected chi connectivity index (χ3v) is 6.58. The average Bonchev–Trinajstić information content (AvgIpc) is 3.40. The van der Waals surface area contributed by atoms with Gasteiger partial charge in [0.25, 0.3) is 0 Å². The number of rotatable bonds is 16. The van der Waals surface area contributed by atoms with E-state index in [2.05, 4.69) is 15.6 Å². The first-order chi connectivity index (χ1) is 18.7. The maximum Gasteiger partial charge on any atom is 0.243 e. The second kappa shape index (κ2) is 16.2. The summed E-state index contributed by atoms with van der Waals surface area (Å²) in [6.45, 7) is 1.17. The van der Waals surface area contributed by atoms with Crippen LogP contribution in [-0.4, -0.2) is 79.4 Å². The fourth-order valence-corrected chi connectivity index (χ4v) is 4.45. The van der Waals surface area contributed by atoms with E-state index < -0.39 is 35.8 Å². The van der Waals surface area contributed by atoms with Gasteiger partial charge < -0.3 is 43.2 Å². The molecule has 13 nitrogen and oxygen atoms in total. The molecule has 2 rings (SSSR count). The van der Waals surface area contributed by atoms with Gasteiger partial charge in [0.05, 0.1) is 13.5 Å². The molecule has 0 aromatic heterocycles. The maximum atomic E-state index is 13.3. The summed E-state index contributed by atoms with van der Waals surface area (Å²) in [6, 6.07) is 4.63. The van der Waals surface area contributed by atoms with Crippen molar-refractivity contribution in [3.63, 3.8) is 0 Å². The van der Waals surface area contributed by atoms with E-state index in [9.17, 15) is 19.2 Å². The van der Waals surface area contributed by atoms with E-state index in [0.29, 0.717) is 57.4 Å². The van der Waals surface area contributed by atoms with Gasteiger partial charge in [-0.3, -0.25) is 24.2 Å². The number of carbonyl (C=O) groups is 4. The van der Waals surface area contributed by atoms with E-state index in [1.54, 1.807) is 24.1 Å². The minimum Gasteiger partial charge on any atom is -0.497 e. The van der Waals surface area contributed by atoms with Crippen LogP contribution in [0.4, 0.5) is 0 Å². The molecule has 13 heteroatoms. The Morgan fingerprint density at radius 2 is 1.72 bits per heavy atom. The molecule has 0 radical (unpaired) electrons. The number of likely N-dealkylation sites (tertiary alicyclic amines) is 1. The molecule has 1 heterocycles. The van der Waals surface area contributed by atoms with Gasteiger partial charge in [-0.05, 0) is 69.2 Å². The van der Waals surface area contributed by atoms with E-state index >= 15 is 0 Å². The molecule has 0 saturated carbocycles. The molecule has 39 heavy (non-hydrogen) atoms. The number of guanidine groups is 1. The van der Waals surface area contributed by atoms with Crippen LogP contribution in [0.5, 0.6) is 5.75 Å². The second-order valence-electron chi connectivity index (χ2n) is 9.53. The summed E-state index contributed by atoms with van der Waals surface area (Å²) in [6.07, 6.45) is 3.54. The number of primary amides is 1. The Morgan fingerprint density at radius 3 is 2.33 bits per heavy atom. The van der Waals surface area contributed by atoms with Crippen LogP contribution in [0, 0.1) is 0 Å². The van der Waals surface area contributed by atoms with Crippen LogP contribution in [0.25, 0.3) is 0 Å². The number of carbonyl (C=O) groups excluding carboxylic acids is 4. The SMILES string of the molecule is COc1ccc(CC(=O)N2CCC[C@H]2C(=O)N[C@@H](CCCCN)C(=O)N[C@@H](CCCN=C(N)N)C(N)=O)cc1. The molecule has 1 aromatic carbocycles. The highest BCUT2D eigenvalue weighted by Crippen LogP contribution is 2.20. The number of benzene rings is 1. The molecule has 0 aliphatic carbocycles. The van der Waals surface area contributed by atoms with E-state index in [4.69, 9.17) is 27.7 Å². The summed E-state index contributed by atoms with van der Waals surface area (Å²) >= 11 is 0. The molecule has 10 N–H and O–H groups in total.